The van der Waals surface area contributed by atoms with Crippen molar-refractivity contribution >= 4 is 108 Å². The van der Waals surface area contributed by atoms with Gasteiger partial charge in [0.15, 0.2) is 0 Å². The summed E-state index contributed by atoms with van der Waals surface area (Å²) in [6.07, 6.45) is 3.60. The molecular formula is C91H53N7. The third-order valence-corrected chi connectivity index (χ3v) is 19.7. The molecule has 0 saturated heterocycles. The predicted molar refractivity (Wildman–Crippen MR) is 404 cm³/mol. The van der Waals surface area contributed by atoms with E-state index in [0.717, 1.165) is 111 Å². The molecular weight excluding hydrogens is 1190 g/mol. The summed E-state index contributed by atoms with van der Waals surface area (Å²) in [5.74, 6) is 0. The minimum absolute atomic E-state index is 0.661. The molecule has 0 atom stereocenters. The SMILES string of the molecule is N#Cc1ccc2c(c1)c1cc(-c3cc4ccc5cc(-c6cccc(-c7ccccc7)n6)cc6ccc(c3)c4c56)ccc1n2-c1ccccc1.N#Cc1ccc2c(c1)c1cc(-c3cc4ccc5cc(-c6cccc(-c7ccncc7)n6)cc6ccc(c3)c4c56)ccc1n2-c1ccccc1. The number of pyridine rings is 3. The molecule has 5 heterocycles. The highest BCUT2D eigenvalue weighted by molar-refractivity contribution is 6.26. The van der Waals surface area contributed by atoms with Crippen LogP contribution >= 0.6 is 0 Å². The molecule has 20 aromatic rings. The number of hydrogen-bond acceptors (Lipinski definition) is 5. The first kappa shape index (κ1) is 56.0. The van der Waals surface area contributed by atoms with Crippen LogP contribution in [0.1, 0.15) is 11.1 Å². The molecule has 0 fully saturated rings. The zero-order valence-electron chi connectivity index (χ0n) is 52.7. The van der Waals surface area contributed by atoms with Crippen LogP contribution in [0.25, 0.3) is 187 Å². The number of nitrogens with zero attached hydrogens (tertiary/aromatic N) is 7. The summed E-state index contributed by atoms with van der Waals surface area (Å²) in [5.41, 5.74) is 20.8. The fourth-order valence-corrected chi connectivity index (χ4v) is 15.2. The molecule has 0 N–H and O–H groups in total. The molecule has 0 bridgehead atoms. The van der Waals surface area contributed by atoms with E-state index in [1.54, 1.807) is 12.4 Å². The van der Waals surface area contributed by atoms with Crippen molar-refractivity contribution in [3.8, 4) is 90.8 Å². The molecule has 5 aromatic heterocycles. The number of rotatable bonds is 8. The zero-order valence-corrected chi connectivity index (χ0v) is 52.7. The lowest BCUT2D eigenvalue weighted by molar-refractivity contribution is 1.18. The Balaban J connectivity index is 0.000000137. The monoisotopic (exact) mass is 1240 g/mol. The molecule has 0 amide bonds. The van der Waals surface area contributed by atoms with Gasteiger partial charge in [0.2, 0.25) is 0 Å². The summed E-state index contributed by atoms with van der Waals surface area (Å²) in [6, 6.07) is 114. The largest absolute Gasteiger partial charge is 0.309 e. The number of nitriles is 2. The number of hydrogen-bond donors (Lipinski definition) is 0. The van der Waals surface area contributed by atoms with E-state index < -0.39 is 0 Å². The standard InChI is InChI=1S/C46H27N3.C45H26N4/c47-28-29-14-20-43-39(22-29)40-27-31(19-21-44(40)49(43)38-10-5-2-6-11-38)36-23-32-15-17-34-25-37(26-35-18-16-33(24-36)45(32)46(34)35)42-13-7-12-41(48-42)30-8-3-1-4-9-30;46-27-28-9-15-42-38(21-28)39-26-30(14-16-43(39)49(42)37-5-2-1-3-6-37)35-22-31-10-12-33-24-36(25-34-13-11-32(23-35)44(31)45(33)34)41-8-4-7-40(48-41)29-17-19-47-20-18-29/h1-27H;1-26H. The maximum absolute atomic E-state index is 9.72. The van der Waals surface area contributed by atoms with Gasteiger partial charge in [-0.2, -0.15) is 10.5 Å². The lowest BCUT2D eigenvalue weighted by Gasteiger charge is -2.15. The summed E-state index contributed by atoms with van der Waals surface area (Å²) < 4.78 is 4.58. The highest BCUT2D eigenvalue weighted by Crippen LogP contribution is 2.44. The Morgan fingerprint density at radius 2 is 0.541 bits per heavy atom. The van der Waals surface area contributed by atoms with Crippen LogP contribution in [0.4, 0.5) is 0 Å². The second-order valence-corrected chi connectivity index (χ2v) is 25.4. The minimum Gasteiger partial charge on any atom is -0.309 e. The van der Waals surface area contributed by atoms with Crippen LogP contribution in [0, 0.1) is 22.7 Å². The van der Waals surface area contributed by atoms with Crippen molar-refractivity contribution in [1.82, 2.24) is 24.1 Å². The van der Waals surface area contributed by atoms with Gasteiger partial charge in [0.05, 0.1) is 68.1 Å². The van der Waals surface area contributed by atoms with E-state index in [2.05, 4.69) is 275 Å². The van der Waals surface area contributed by atoms with Gasteiger partial charge in [0.25, 0.3) is 0 Å². The number of para-hydroxylation sites is 2. The van der Waals surface area contributed by atoms with Crippen LogP contribution in [0.2, 0.25) is 0 Å². The molecule has 0 aliphatic rings. The van der Waals surface area contributed by atoms with Crippen LogP contribution in [0.5, 0.6) is 0 Å². The number of benzene rings is 15. The van der Waals surface area contributed by atoms with Crippen molar-refractivity contribution in [2.45, 2.75) is 0 Å². The third-order valence-electron chi connectivity index (χ3n) is 19.7. The summed E-state index contributed by atoms with van der Waals surface area (Å²) in [7, 11) is 0. The smallest absolute Gasteiger partial charge is 0.0991 e. The van der Waals surface area contributed by atoms with Gasteiger partial charge in [-0.15, -0.1) is 0 Å². The summed E-state index contributed by atoms with van der Waals surface area (Å²) in [5, 5.41) is 38.7. The lowest BCUT2D eigenvalue weighted by atomic mass is 9.90. The first-order chi connectivity index (χ1) is 48.4. The van der Waals surface area contributed by atoms with E-state index in [1.807, 2.05) is 60.7 Å². The van der Waals surface area contributed by atoms with Gasteiger partial charge in [-0.3, -0.25) is 4.98 Å². The summed E-state index contributed by atoms with van der Waals surface area (Å²) in [4.78, 5) is 14.2. The van der Waals surface area contributed by atoms with E-state index in [0.29, 0.717) is 11.1 Å². The average molecular weight is 1240 g/mol. The maximum Gasteiger partial charge on any atom is 0.0991 e. The van der Waals surface area contributed by atoms with Crippen LogP contribution < -0.4 is 0 Å². The first-order valence-corrected chi connectivity index (χ1v) is 32.9. The third kappa shape index (κ3) is 9.29. The quantitative estimate of drug-likeness (QED) is 0.141. The minimum atomic E-state index is 0.661. The van der Waals surface area contributed by atoms with Gasteiger partial charge >= 0.3 is 0 Å². The zero-order chi connectivity index (χ0) is 65.0. The van der Waals surface area contributed by atoms with Crippen molar-refractivity contribution in [2.75, 3.05) is 0 Å². The highest BCUT2D eigenvalue weighted by Gasteiger charge is 2.20. The molecule has 15 aromatic carbocycles. The summed E-state index contributed by atoms with van der Waals surface area (Å²) in [6.45, 7) is 0. The van der Waals surface area contributed by atoms with Crippen LogP contribution in [-0.2, 0) is 0 Å². The van der Waals surface area contributed by atoms with Gasteiger partial charge in [0.1, 0.15) is 0 Å². The second-order valence-electron chi connectivity index (χ2n) is 25.4. The van der Waals surface area contributed by atoms with Crippen molar-refractivity contribution in [3.05, 3.63) is 333 Å². The van der Waals surface area contributed by atoms with Gasteiger partial charge in [-0.1, -0.05) is 140 Å². The fraction of sp³-hybridized carbons (Fsp3) is 0. The Morgan fingerprint density at radius 1 is 0.235 bits per heavy atom. The Bertz CT molecular complexity index is 6140. The van der Waals surface area contributed by atoms with Crippen LogP contribution in [0.3, 0.4) is 0 Å². The Kier molecular flexibility index (Phi) is 12.9. The lowest BCUT2D eigenvalue weighted by Crippen LogP contribution is -1.93. The normalized spacial score (nSPS) is 11.7. The molecule has 0 saturated carbocycles. The summed E-state index contributed by atoms with van der Waals surface area (Å²) >= 11 is 0. The van der Waals surface area contributed by atoms with E-state index in [-0.39, 0.29) is 0 Å². The van der Waals surface area contributed by atoms with Gasteiger partial charge < -0.3 is 9.13 Å². The van der Waals surface area contributed by atoms with E-state index >= 15 is 0 Å². The molecule has 7 nitrogen and oxygen atoms in total. The van der Waals surface area contributed by atoms with Crippen LogP contribution in [-0.4, -0.2) is 24.1 Å². The Morgan fingerprint density at radius 3 is 0.898 bits per heavy atom. The van der Waals surface area contributed by atoms with Crippen molar-refractivity contribution < 1.29 is 0 Å². The van der Waals surface area contributed by atoms with Crippen molar-refractivity contribution in [1.29, 1.82) is 10.5 Å². The topological polar surface area (TPSA) is 96.1 Å². The Hall–Kier alpha value is -13.6. The van der Waals surface area contributed by atoms with Gasteiger partial charge in [-0.05, 0) is 257 Å². The highest BCUT2D eigenvalue weighted by atomic mass is 15.0. The molecule has 98 heavy (non-hydrogen) atoms. The molecule has 20 rings (SSSR count). The molecule has 0 radical (unpaired) electrons. The van der Waals surface area contributed by atoms with Crippen molar-refractivity contribution in [3.63, 3.8) is 0 Å². The molecule has 0 aliphatic heterocycles. The van der Waals surface area contributed by atoms with Gasteiger partial charge in [0, 0.05) is 67.6 Å². The first-order valence-electron chi connectivity index (χ1n) is 32.9. The molecule has 0 aliphatic carbocycles. The fourth-order valence-electron chi connectivity index (χ4n) is 15.2. The van der Waals surface area contributed by atoms with E-state index in [9.17, 15) is 10.5 Å². The average Bonchev–Trinajstić information content (AvgIpc) is 0.974. The maximum atomic E-state index is 9.72. The Labute approximate surface area is 563 Å². The molecule has 0 unspecified atom stereocenters. The number of fused-ring (bicyclic) bond motifs is 6. The van der Waals surface area contributed by atoms with E-state index in [4.69, 9.17) is 9.97 Å². The van der Waals surface area contributed by atoms with Crippen LogP contribution in [0.15, 0.2) is 322 Å². The number of aromatic nitrogens is 5. The molecule has 7 heteroatoms. The van der Waals surface area contributed by atoms with Crippen molar-refractivity contribution in [2.24, 2.45) is 0 Å². The predicted octanol–water partition coefficient (Wildman–Crippen LogP) is 23.3. The van der Waals surface area contributed by atoms with Gasteiger partial charge in [-0.25, -0.2) is 9.97 Å². The second kappa shape index (κ2) is 22.6. The molecule has 0 spiro atoms. The van der Waals surface area contributed by atoms with E-state index in [1.165, 1.54) is 75.8 Å². The molecule has 452 valence electrons.